The van der Waals surface area contributed by atoms with Gasteiger partial charge in [-0.2, -0.15) is 0 Å². The molecule has 0 amide bonds. The van der Waals surface area contributed by atoms with Gasteiger partial charge in [0.15, 0.2) is 11.6 Å². The van der Waals surface area contributed by atoms with Crippen LogP contribution in [0.1, 0.15) is 45.7 Å². The average molecular weight is 285 g/mol. The maximum atomic E-state index is 13.5. The highest BCUT2D eigenvalue weighted by molar-refractivity contribution is 5.22. The van der Waals surface area contributed by atoms with Crippen molar-refractivity contribution in [3.63, 3.8) is 0 Å². The maximum Gasteiger partial charge on any atom is 0.159 e. The molecular weight excluding hydrogens is 260 g/mol. The van der Waals surface area contributed by atoms with Crippen molar-refractivity contribution >= 4 is 0 Å². The average Bonchev–Trinajstić information content (AvgIpc) is 2.41. The largest absolute Gasteiger partial charge is 0.376 e. The number of hydrogen-bond donors (Lipinski definition) is 1. The van der Waals surface area contributed by atoms with Crippen molar-refractivity contribution in [3.05, 3.63) is 35.4 Å². The number of benzene rings is 1. The second-order valence-corrected chi connectivity index (χ2v) is 5.27. The van der Waals surface area contributed by atoms with Gasteiger partial charge in [-0.1, -0.05) is 26.8 Å². The zero-order valence-corrected chi connectivity index (χ0v) is 12.7. The summed E-state index contributed by atoms with van der Waals surface area (Å²) in [7, 11) is 0. The first-order valence-electron chi connectivity index (χ1n) is 7.31. The second kappa shape index (κ2) is 8.32. The Morgan fingerprint density at radius 2 is 1.85 bits per heavy atom. The highest BCUT2D eigenvalue weighted by Crippen LogP contribution is 2.26. The number of rotatable bonds is 8. The molecule has 0 heterocycles. The van der Waals surface area contributed by atoms with Gasteiger partial charge in [-0.15, -0.1) is 0 Å². The summed E-state index contributed by atoms with van der Waals surface area (Å²) in [6.07, 6.45) is 0.897. The lowest BCUT2D eigenvalue weighted by Crippen LogP contribution is -2.37. The molecule has 2 nitrogen and oxygen atoms in total. The third-order valence-electron chi connectivity index (χ3n) is 3.26. The number of hydrogen-bond acceptors (Lipinski definition) is 2. The van der Waals surface area contributed by atoms with E-state index in [1.165, 1.54) is 12.1 Å². The van der Waals surface area contributed by atoms with Crippen molar-refractivity contribution in [1.29, 1.82) is 0 Å². The van der Waals surface area contributed by atoms with E-state index in [-0.39, 0.29) is 18.1 Å². The Bertz CT molecular complexity index is 409. The van der Waals surface area contributed by atoms with E-state index >= 15 is 0 Å². The highest BCUT2D eigenvalue weighted by Gasteiger charge is 2.26. The van der Waals surface area contributed by atoms with Crippen LogP contribution >= 0.6 is 0 Å². The van der Waals surface area contributed by atoms with Crippen LogP contribution in [-0.4, -0.2) is 19.3 Å². The standard InChI is InChI=1S/C16H25F2NO/c1-5-9-19-15(16(11(3)4)20-6-2)12-7-8-13(17)14(18)10-12/h7-8,10-11,15-16,19H,5-6,9H2,1-4H3. The van der Waals surface area contributed by atoms with Crippen molar-refractivity contribution in [2.24, 2.45) is 5.92 Å². The van der Waals surface area contributed by atoms with E-state index in [9.17, 15) is 8.78 Å². The fraction of sp³-hybridized carbons (Fsp3) is 0.625. The molecule has 0 aliphatic rings. The van der Waals surface area contributed by atoms with E-state index in [1.807, 2.05) is 6.92 Å². The number of halogens is 2. The maximum absolute atomic E-state index is 13.5. The monoisotopic (exact) mass is 285 g/mol. The molecule has 20 heavy (non-hydrogen) atoms. The first-order chi connectivity index (χ1) is 9.51. The summed E-state index contributed by atoms with van der Waals surface area (Å²) in [6.45, 7) is 9.55. The number of nitrogens with one attached hydrogen (secondary N) is 1. The summed E-state index contributed by atoms with van der Waals surface area (Å²) in [4.78, 5) is 0. The normalized spacial score (nSPS) is 14.6. The summed E-state index contributed by atoms with van der Waals surface area (Å²) in [6, 6.07) is 3.93. The van der Waals surface area contributed by atoms with Crippen LogP contribution in [0.15, 0.2) is 18.2 Å². The Morgan fingerprint density at radius 1 is 1.15 bits per heavy atom. The van der Waals surface area contributed by atoms with Crippen LogP contribution in [0.2, 0.25) is 0 Å². The van der Waals surface area contributed by atoms with Gasteiger partial charge in [0.1, 0.15) is 0 Å². The molecule has 0 saturated heterocycles. The summed E-state index contributed by atoms with van der Waals surface area (Å²) in [5.41, 5.74) is 0.726. The molecule has 0 spiro atoms. The Labute approximate surface area is 120 Å². The van der Waals surface area contributed by atoms with Crippen molar-refractivity contribution in [2.45, 2.75) is 46.3 Å². The first kappa shape index (κ1) is 17.1. The molecule has 0 aliphatic carbocycles. The summed E-state index contributed by atoms with van der Waals surface area (Å²) in [5.74, 6) is -1.36. The quantitative estimate of drug-likeness (QED) is 0.777. The zero-order chi connectivity index (χ0) is 15.1. The number of ether oxygens (including phenoxy) is 1. The van der Waals surface area contributed by atoms with Gasteiger partial charge in [-0.25, -0.2) is 8.78 Å². The summed E-state index contributed by atoms with van der Waals surface area (Å²) in [5, 5.41) is 3.38. The molecule has 114 valence electrons. The first-order valence-corrected chi connectivity index (χ1v) is 7.31. The third kappa shape index (κ3) is 4.53. The molecule has 1 rings (SSSR count). The van der Waals surface area contributed by atoms with E-state index in [4.69, 9.17) is 4.74 Å². The Balaban J connectivity index is 3.05. The molecule has 0 saturated carbocycles. The van der Waals surface area contributed by atoms with E-state index in [0.29, 0.717) is 6.61 Å². The molecule has 2 atom stereocenters. The minimum Gasteiger partial charge on any atom is -0.376 e. The highest BCUT2D eigenvalue weighted by atomic mass is 19.2. The molecule has 0 fully saturated rings. The van der Waals surface area contributed by atoms with Gasteiger partial charge in [-0.05, 0) is 43.5 Å². The molecule has 4 heteroatoms. The van der Waals surface area contributed by atoms with Gasteiger partial charge in [0.2, 0.25) is 0 Å². The van der Waals surface area contributed by atoms with Crippen LogP contribution in [0.4, 0.5) is 8.78 Å². The second-order valence-electron chi connectivity index (χ2n) is 5.27. The smallest absolute Gasteiger partial charge is 0.159 e. The van der Waals surface area contributed by atoms with Gasteiger partial charge >= 0.3 is 0 Å². The Hall–Kier alpha value is -1.00. The third-order valence-corrected chi connectivity index (χ3v) is 3.26. The molecule has 0 bridgehead atoms. The van der Waals surface area contributed by atoms with Crippen LogP contribution in [0.3, 0.4) is 0 Å². The van der Waals surface area contributed by atoms with Crippen molar-refractivity contribution < 1.29 is 13.5 Å². The minimum atomic E-state index is -0.819. The van der Waals surface area contributed by atoms with Crippen LogP contribution < -0.4 is 5.32 Å². The van der Waals surface area contributed by atoms with Crippen molar-refractivity contribution in [2.75, 3.05) is 13.2 Å². The van der Waals surface area contributed by atoms with E-state index in [0.717, 1.165) is 18.5 Å². The summed E-state index contributed by atoms with van der Waals surface area (Å²) < 4.78 is 32.4. The van der Waals surface area contributed by atoms with Crippen molar-refractivity contribution in [3.8, 4) is 0 Å². The van der Waals surface area contributed by atoms with Gasteiger partial charge in [-0.3, -0.25) is 0 Å². The Kier molecular flexibility index (Phi) is 7.10. The topological polar surface area (TPSA) is 21.3 Å². The predicted molar refractivity (Wildman–Crippen MR) is 77.6 cm³/mol. The van der Waals surface area contributed by atoms with E-state index in [1.54, 1.807) is 6.07 Å². The minimum absolute atomic E-state index is 0.0728. The lowest BCUT2D eigenvalue weighted by molar-refractivity contribution is 0.00275. The summed E-state index contributed by atoms with van der Waals surface area (Å²) >= 11 is 0. The van der Waals surface area contributed by atoms with Crippen LogP contribution in [0.5, 0.6) is 0 Å². The molecular formula is C16H25F2NO. The molecule has 1 aromatic rings. The molecule has 0 aliphatic heterocycles. The van der Waals surface area contributed by atoms with Gasteiger partial charge in [0.25, 0.3) is 0 Å². The van der Waals surface area contributed by atoms with Crippen molar-refractivity contribution in [1.82, 2.24) is 5.32 Å². The van der Waals surface area contributed by atoms with Gasteiger partial charge < -0.3 is 10.1 Å². The van der Waals surface area contributed by atoms with Crippen LogP contribution in [-0.2, 0) is 4.74 Å². The predicted octanol–water partition coefficient (Wildman–Crippen LogP) is 4.07. The lowest BCUT2D eigenvalue weighted by Gasteiger charge is -2.31. The fourth-order valence-corrected chi connectivity index (χ4v) is 2.30. The lowest BCUT2D eigenvalue weighted by atomic mass is 9.93. The van der Waals surface area contributed by atoms with E-state index < -0.39 is 11.6 Å². The molecule has 0 aromatic heterocycles. The van der Waals surface area contributed by atoms with Gasteiger partial charge in [0.05, 0.1) is 12.1 Å². The fourth-order valence-electron chi connectivity index (χ4n) is 2.30. The zero-order valence-electron chi connectivity index (χ0n) is 12.7. The Morgan fingerprint density at radius 3 is 2.35 bits per heavy atom. The molecule has 0 radical (unpaired) electrons. The van der Waals surface area contributed by atoms with Gasteiger partial charge in [0, 0.05) is 6.61 Å². The van der Waals surface area contributed by atoms with Crippen LogP contribution in [0, 0.1) is 17.6 Å². The van der Waals surface area contributed by atoms with E-state index in [2.05, 4.69) is 26.1 Å². The molecule has 1 aromatic carbocycles. The molecule has 1 N–H and O–H groups in total. The molecule has 2 unspecified atom stereocenters. The SMILES string of the molecule is CCCNC(c1ccc(F)c(F)c1)C(OCC)C(C)C. The van der Waals surface area contributed by atoms with Crippen LogP contribution in [0.25, 0.3) is 0 Å².